The Morgan fingerprint density at radius 2 is 2.21 bits per heavy atom. The van der Waals surface area contributed by atoms with Crippen LogP contribution in [0.5, 0.6) is 11.5 Å². The summed E-state index contributed by atoms with van der Waals surface area (Å²) in [5, 5.41) is 22.3. The fourth-order valence-electron chi connectivity index (χ4n) is 7.36. The van der Waals surface area contributed by atoms with Gasteiger partial charge in [-0.3, -0.25) is 10.0 Å². The molecule has 2 heterocycles. The fraction of sp³-hybridized carbons (Fsp3) is 0.571. The average molecular weight is 399 g/mol. The Hall–Kier alpha value is -2.13. The number of rotatable bonds is 4. The lowest BCUT2D eigenvalue weighted by molar-refractivity contribution is -0.250. The number of methoxy groups -OCH3 is 2. The van der Waals surface area contributed by atoms with Crippen LogP contribution in [0.4, 0.5) is 0 Å². The predicted molar refractivity (Wildman–Crippen MR) is 101 cm³/mol. The molecule has 1 saturated heterocycles. The van der Waals surface area contributed by atoms with Gasteiger partial charge in [0.25, 0.3) is 0 Å². The Morgan fingerprint density at radius 1 is 1.38 bits per heavy atom. The van der Waals surface area contributed by atoms with E-state index in [-0.39, 0.29) is 11.3 Å². The third-order valence-electron chi connectivity index (χ3n) is 8.42. The molecule has 2 aliphatic heterocycles. The first kappa shape index (κ1) is 17.7. The number of hydrogen-bond donors (Lipinski definition) is 1. The van der Waals surface area contributed by atoms with Crippen molar-refractivity contribution >= 4 is 6.41 Å². The van der Waals surface area contributed by atoms with Crippen molar-refractivity contribution in [3.63, 3.8) is 0 Å². The van der Waals surface area contributed by atoms with Crippen molar-refractivity contribution in [1.82, 2.24) is 10.1 Å². The van der Waals surface area contributed by atoms with Crippen molar-refractivity contribution in [2.24, 2.45) is 5.41 Å². The first-order valence-corrected chi connectivity index (χ1v) is 9.98. The van der Waals surface area contributed by atoms with E-state index < -0.39 is 28.6 Å². The van der Waals surface area contributed by atoms with E-state index in [1.165, 1.54) is 0 Å². The summed E-state index contributed by atoms with van der Waals surface area (Å²) in [6.45, 7) is 0.615. The molecule has 8 heteroatoms. The Kier molecular flexibility index (Phi) is 3.24. The molecule has 6 atom stereocenters. The zero-order chi connectivity index (χ0) is 20.2. The molecule has 1 saturated carbocycles. The number of fused-ring (bicyclic) bond motifs is 1. The van der Waals surface area contributed by atoms with Crippen LogP contribution in [0.25, 0.3) is 0 Å². The summed E-state index contributed by atoms with van der Waals surface area (Å²) in [5.74, 6) is 1.36. The molecule has 29 heavy (non-hydrogen) atoms. The van der Waals surface area contributed by atoms with Gasteiger partial charge in [0.2, 0.25) is 6.41 Å². The number of nitrogens with zero attached hydrogens (tertiary/aromatic N) is 2. The van der Waals surface area contributed by atoms with Crippen LogP contribution < -0.4 is 9.47 Å². The molecule has 1 N–H and O–H groups in total. The lowest BCUT2D eigenvalue weighted by atomic mass is 9.38. The summed E-state index contributed by atoms with van der Waals surface area (Å²) in [7, 11) is 3.17. The Balaban J connectivity index is 1.70. The second kappa shape index (κ2) is 5.31. The van der Waals surface area contributed by atoms with Gasteiger partial charge < -0.3 is 29.5 Å². The quantitative estimate of drug-likeness (QED) is 0.464. The number of hydrogen-bond acceptors (Lipinski definition) is 7. The number of benzene rings is 1. The van der Waals surface area contributed by atoms with Gasteiger partial charge in [-0.05, 0) is 30.9 Å². The minimum Gasteiger partial charge on any atom is -0.762 e. The molecule has 0 radical (unpaired) electrons. The maximum atomic E-state index is 12.3. The molecule has 0 aromatic heterocycles. The van der Waals surface area contributed by atoms with Crippen LogP contribution >= 0.6 is 0 Å². The summed E-state index contributed by atoms with van der Waals surface area (Å²) in [5.41, 5.74) is 0.231. The molecule has 7 rings (SSSR count). The zero-order valence-electron chi connectivity index (χ0n) is 16.3. The maximum Gasteiger partial charge on any atom is 0.209 e. The molecule has 1 aromatic carbocycles. The molecule has 6 aliphatic rings. The molecule has 4 aliphatic carbocycles. The van der Waals surface area contributed by atoms with Gasteiger partial charge in [0, 0.05) is 30.7 Å². The van der Waals surface area contributed by atoms with E-state index in [2.05, 4.69) is 12.1 Å². The molecule has 8 nitrogen and oxygen atoms in total. The minimum absolute atomic E-state index is 0.0156. The SMILES string of the molecule is COc1ccc2c3c1O[C@H]1[C@@]4(OC)C=C[C@@]5(C[C@@H]4N([O-])O)[C@@H](C2)N(C=O)CC[C@]315. The molecule has 1 aromatic rings. The number of likely N-dealkylation sites (tertiary alicyclic amines) is 1. The standard InChI is InChI=1S/C21H23N2O6/c1-27-13-4-3-12-9-14-19-5-6-21(28-2,15(10-19)23(25)26)18-20(19,7-8-22(14)11-24)16(12)17(13)29-18/h3-6,11,14-15,18,25H,7-10H2,1-2H3/q-1/t14-,15+,18-,19-,20+,21-/m1/s1. The van der Waals surface area contributed by atoms with Crippen LogP contribution in [0.2, 0.25) is 0 Å². The van der Waals surface area contributed by atoms with Crippen LogP contribution in [-0.4, -0.2) is 66.3 Å². The van der Waals surface area contributed by atoms with Gasteiger partial charge in [0.05, 0.1) is 18.6 Å². The highest BCUT2D eigenvalue weighted by Crippen LogP contribution is 2.73. The van der Waals surface area contributed by atoms with Gasteiger partial charge in [-0.1, -0.05) is 18.2 Å². The largest absolute Gasteiger partial charge is 0.762 e. The van der Waals surface area contributed by atoms with Crippen LogP contribution in [0, 0.1) is 10.6 Å². The third-order valence-corrected chi connectivity index (χ3v) is 8.42. The van der Waals surface area contributed by atoms with Crippen molar-refractivity contribution < 1.29 is 24.2 Å². The van der Waals surface area contributed by atoms with Gasteiger partial charge in [-0.2, -0.15) is 0 Å². The topological polar surface area (TPSA) is 94.5 Å². The summed E-state index contributed by atoms with van der Waals surface area (Å²) in [4.78, 5) is 13.8. The molecule has 4 bridgehead atoms. The van der Waals surface area contributed by atoms with Gasteiger partial charge in [-0.15, -0.1) is 0 Å². The van der Waals surface area contributed by atoms with Crippen LogP contribution in [-0.2, 0) is 21.4 Å². The number of carbonyl (C=O) groups is 1. The van der Waals surface area contributed by atoms with E-state index in [9.17, 15) is 15.2 Å². The smallest absolute Gasteiger partial charge is 0.209 e. The number of amides is 1. The summed E-state index contributed by atoms with van der Waals surface area (Å²) < 4.78 is 18.2. The highest BCUT2D eigenvalue weighted by atomic mass is 16.8. The minimum atomic E-state index is -1.09. The summed E-state index contributed by atoms with van der Waals surface area (Å²) in [6, 6.07) is 3.03. The second-order valence-electron chi connectivity index (χ2n) is 8.87. The summed E-state index contributed by atoms with van der Waals surface area (Å²) >= 11 is 0. The van der Waals surface area contributed by atoms with Crippen LogP contribution in [0.15, 0.2) is 24.3 Å². The average Bonchev–Trinajstić information content (AvgIpc) is 3.10. The fourth-order valence-corrected chi connectivity index (χ4v) is 7.36. The number of piperidine rings is 1. The monoisotopic (exact) mass is 399 g/mol. The highest BCUT2D eigenvalue weighted by Gasteiger charge is 2.79. The van der Waals surface area contributed by atoms with Crippen molar-refractivity contribution in [1.29, 1.82) is 0 Å². The van der Waals surface area contributed by atoms with Gasteiger partial charge in [-0.25, -0.2) is 0 Å². The first-order chi connectivity index (χ1) is 14.0. The lowest BCUT2D eigenvalue weighted by Gasteiger charge is -2.71. The van der Waals surface area contributed by atoms with E-state index >= 15 is 0 Å². The lowest BCUT2D eigenvalue weighted by Crippen LogP contribution is -2.81. The van der Waals surface area contributed by atoms with Gasteiger partial charge in [0.1, 0.15) is 11.7 Å². The van der Waals surface area contributed by atoms with E-state index in [0.29, 0.717) is 37.3 Å². The van der Waals surface area contributed by atoms with E-state index in [0.717, 1.165) is 17.5 Å². The van der Waals surface area contributed by atoms with Crippen LogP contribution in [0.3, 0.4) is 0 Å². The number of ether oxygens (including phenoxy) is 3. The van der Waals surface area contributed by atoms with E-state index in [1.54, 1.807) is 14.2 Å². The van der Waals surface area contributed by atoms with E-state index in [4.69, 9.17) is 14.2 Å². The molecule has 2 fully saturated rings. The van der Waals surface area contributed by atoms with Gasteiger partial charge >= 0.3 is 0 Å². The molecule has 0 unspecified atom stereocenters. The number of hydroxylamine groups is 2. The second-order valence-corrected chi connectivity index (χ2v) is 8.87. The van der Waals surface area contributed by atoms with Crippen molar-refractivity contribution in [2.45, 2.75) is 48.5 Å². The molecular weight excluding hydrogens is 376 g/mol. The van der Waals surface area contributed by atoms with Crippen molar-refractivity contribution in [3.05, 3.63) is 40.6 Å². The predicted octanol–water partition coefficient (Wildman–Crippen LogP) is 1.38. The highest BCUT2D eigenvalue weighted by molar-refractivity contribution is 5.67. The number of carbonyl (C=O) groups excluding carboxylic acids is 1. The van der Waals surface area contributed by atoms with Gasteiger partial charge in [0.15, 0.2) is 11.5 Å². The first-order valence-electron chi connectivity index (χ1n) is 9.98. The maximum absolute atomic E-state index is 12.3. The molecule has 154 valence electrons. The molecule has 2 spiro atoms. The molecular formula is C21H23N2O6-. The zero-order valence-corrected chi connectivity index (χ0v) is 16.3. The summed E-state index contributed by atoms with van der Waals surface area (Å²) in [6.07, 6.45) is 6.20. The van der Waals surface area contributed by atoms with Crippen molar-refractivity contribution in [3.8, 4) is 11.5 Å². The van der Waals surface area contributed by atoms with Crippen LogP contribution in [0.1, 0.15) is 24.0 Å². The Morgan fingerprint density at radius 3 is 2.90 bits per heavy atom. The Bertz CT molecular complexity index is 949. The Labute approximate surface area is 168 Å². The normalized spacial score (nSPS) is 42.7. The third kappa shape index (κ3) is 1.64. The van der Waals surface area contributed by atoms with Crippen molar-refractivity contribution in [2.75, 3.05) is 20.8 Å². The van der Waals surface area contributed by atoms with E-state index in [1.807, 2.05) is 17.0 Å². The molecule has 1 amide bonds.